The van der Waals surface area contributed by atoms with Crippen LogP contribution < -0.4 is 4.72 Å². The SMILES string of the molecule is CC(C)(NS(=O)(=O)c1cccc(Cl)c1Cl)C(=O)O. The van der Waals surface area contributed by atoms with Gasteiger partial charge in [0, 0.05) is 0 Å². The highest BCUT2D eigenvalue weighted by molar-refractivity contribution is 7.89. The van der Waals surface area contributed by atoms with Gasteiger partial charge in [-0.25, -0.2) is 8.42 Å². The lowest BCUT2D eigenvalue weighted by Gasteiger charge is -2.21. The van der Waals surface area contributed by atoms with Crippen molar-refractivity contribution in [3.63, 3.8) is 0 Å². The summed E-state index contributed by atoms with van der Waals surface area (Å²) in [5.74, 6) is -1.30. The molecule has 0 aliphatic rings. The molecule has 8 heteroatoms. The molecule has 2 N–H and O–H groups in total. The van der Waals surface area contributed by atoms with Crippen LogP contribution in [-0.4, -0.2) is 25.0 Å². The number of sulfonamides is 1. The molecule has 0 amide bonds. The summed E-state index contributed by atoms with van der Waals surface area (Å²) in [5, 5.41) is 8.82. The summed E-state index contributed by atoms with van der Waals surface area (Å²) in [5.41, 5.74) is -1.65. The van der Waals surface area contributed by atoms with E-state index in [0.717, 1.165) is 0 Å². The van der Waals surface area contributed by atoms with Crippen molar-refractivity contribution in [2.45, 2.75) is 24.3 Å². The first kappa shape index (κ1) is 15.2. The number of hydrogen-bond acceptors (Lipinski definition) is 3. The van der Waals surface area contributed by atoms with Crippen molar-refractivity contribution in [2.75, 3.05) is 0 Å². The van der Waals surface area contributed by atoms with Gasteiger partial charge in [0.2, 0.25) is 10.0 Å². The summed E-state index contributed by atoms with van der Waals surface area (Å²) < 4.78 is 26.1. The van der Waals surface area contributed by atoms with Crippen LogP contribution >= 0.6 is 23.2 Å². The molecule has 0 spiro atoms. The predicted octanol–water partition coefficient (Wildman–Crippen LogP) is 2.13. The fourth-order valence-corrected chi connectivity index (χ4v) is 3.26. The average molecular weight is 312 g/mol. The molecule has 18 heavy (non-hydrogen) atoms. The minimum Gasteiger partial charge on any atom is -0.480 e. The summed E-state index contributed by atoms with van der Waals surface area (Å²) in [6.07, 6.45) is 0. The average Bonchev–Trinajstić information content (AvgIpc) is 2.20. The van der Waals surface area contributed by atoms with Crippen LogP contribution in [0.2, 0.25) is 10.0 Å². The molecule has 5 nitrogen and oxygen atoms in total. The number of carbonyl (C=O) groups is 1. The van der Waals surface area contributed by atoms with Crippen LogP contribution in [0.3, 0.4) is 0 Å². The van der Waals surface area contributed by atoms with Crippen molar-refractivity contribution in [3.05, 3.63) is 28.2 Å². The zero-order valence-corrected chi connectivity index (χ0v) is 11.9. The lowest BCUT2D eigenvalue weighted by atomic mass is 10.1. The molecule has 0 atom stereocenters. The van der Waals surface area contributed by atoms with E-state index < -0.39 is 21.5 Å². The normalized spacial score (nSPS) is 12.4. The lowest BCUT2D eigenvalue weighted by Crippen LogP contribution is -2.49. The van der Waals surface area contributed by atoms with Crippen molar-refractivity contribution in [2.24, 2.45) is 0 Å². The van der Waals surface area contributed by atoms with Crippen LogP contribution in [0.15, 0.2) is 23.1 Å². The van der Waals surface area contributed by atoms with Gasteiger partial charge in [0.05, 0.1) is 10.0 Å². The molecule has 0 heterocycles. The largest absolute Gasteiger partial charge is 0.480 e. The highest BCUT2D eigenvalue weighted by Crippen LogP contribution is 2.29. The van der Waals surface area contributed by atoms with E-state index in [4.69, 9.17) is 28.3 Å². The Kier molecular flexibility index (Phi) is 4.27. The fourth-order valence-electron chi connectivity index (χ4n) is 1.13. The zero-order valence-electron chi connectivity index (χ0n) is 9.57. The zero-order chi connectivity index (χ0) is 14.1. The molecule has 0 aliphatic carbocycles. The quantitative estimate of drug-likeness (QED) is 0.892. The summed E-state index contributed by atoms with van der Waals surface area (Å²) in [6.45, 7) is 2.46. The molecular formula is C10H11Cl2NO4S. The first-order valence-electron chi connectivity index (χ1n) is 4.79. The molecule has 0 radical (unpaired) electrons. The summed E-state index contributed by atoms with van der Waals surface area (Å²) >= 11 is 11.5. The molecule has 100 valence electrons. The third-order valence-corrected chi connectivity index (χ3v) is 4.76. The van der Waals surface area contributed by atoms with Gasteiger partial charge in [-0.1, -0.05) is 29.3 Å². The van der Waals surface area contributed by atoms with Crippen molar-refractivity contribution in [1.29, 1.82) is 0 Å². The summed E-state index contributed by atoms with van der Waals surface area (Å²) in [4.78, 5) is 10.6. The number of hydrogen-bond donors (Lipinski definition) is 2. The van der Waals surface area contributed by atoms with E-state index in [2.05, 4.69) is 0 Å². The van der Waals surface area contributed by atoms with Crippen LogP contribution in [0.4, 0.5) is 0 Å². The third-order valence-electron chi connectivity index (χ3n) is 2.13. The van der Waals surface area contributed by atoms with E-state index in [1.807, 2.05) is 4.72 Å². The number of halogens is 2. The van der Waals surface area contributed by atoms with Crippen LogP contribution in [0.5, 0.6) is 0 Å². The number of benzene rings is 1. The molecule has 0 fully saturated rings. The maximum atomic E-state index is 12.0. The Labute approximate surface area is 115 Å². The Morgan fingerprint density at radius 3 is 2.39 bits per heavy atom. The Balaban J connectivity index is 3.24. The summed E-state index contributed by atoms with van der Waals surface area (Å²) in [6, 6.07) is 4.09. The van der Waals surface area contributed by atoms with E-state index in [9.17, 15) is 13.2 Å². The van der Waals surface area contributed by atoms with Crippen molar-refractivity contribution in [1.82, 2.24) is 4.72 Å². The number of nitrogens with one attached hydrogen (secondary N) is 1. The molecule has 0 bridgehead atoms. The second-order valence-electron chi connectivity index (χ2n) is 4.09. The standard InChI is InChI=1S/C10H11Cl2NO4S/c1-10(2,9(14)15)13-18(16,17)7-5-3-4-6(11)8(7)12/h3-5,13H,1-2H3,(H,14,15). The Bertz CT molecular complexity index is 584. The van der Waals surface area contributed by atoms with Crippen LogP contribution in [0.1, 0.15) is 13.8 Å². The molecule has 1 aromatic carbocycles. The molecule has 0 saturated heterocycles. The topological polar surface area (TPSA) is 83.5 Å². The van der Waals surface area contributed by atoms with Gasteiger partial charge >= 0.3 is 5.97 Å². The smallest absolute Gasteiger partial charge is 0.324 e. The minimum atomic E-state index is -4.06. The predicted molar refractivity (Wildman–Crippen MR) is 68.5 cm³/mol. The number of carboxylic acids is 1. The van der Waals surface area contributed by atoms with E-state index in [1.165, 1.54) is 32.0 Å². The van der Waals surface area contributed by atoms with Crippen LogP contribution in [0.25, 0.3) is 0 Å². The van der Waals surface area contributed by atoms with E-state index in [-0.39, 0.29) is 14.9 Å². The monoisotopic (exact) mass is 311 g/mol. The van der Waals surface area contributed by atoms with E-state index >= 15 is 0 Å². The highest BCUT2D eigenvalue weighted by atomic mass is 35.5. The Morgan fingerprint density at radius 2 is 1.89 bits per heavy atom. The van der Waals surface area contributed by atoms with Crippen molar-refractivity contribution < 1.29 is 18.3 Å². The third kappa shape index (κ3) is 3.14. The van der Waals surface area contributed by atoms with E-state index in [1.54, 1.807) is 0 Å². The summed E-state index contributed by atoms with van der Waals surface area (Å²) in [7, 11) is -4.06. The van der Waals surface area contributed by atoms with Crippen molar-refractivity contribution in [3.8, 4) is 0 Å². The molecule has 1 rings (SSSR count). The lowest BCUT2D eigenvalue weighted by molar-refractivity contribution is -0.142. The minimum absolute atomic E-state index is 0.0765. The molecule has 0 aromatic heterocycles. The number of carboxylic acid groups (broad SMARTS) is 1. The number of aliphatic carboxylic acids is 1. The second-order valence-corrected chi connectivity index (χ2v) is 6.52. The van der Waals surface area contributed by atoms with Gasteiger partial charge in [-0.15, -0.1) is 0 Å². The maximum absolute atomic E-state index is 12.0. The van der Waals surface area contributed by atoms with Gasteiger partial charge in [0.25, 0.3) is 0 Å². The number of rotatable bonds is 4. The first-order chi connectivity index (χ1) is 8.08. The molecule has 1 aromatic rings. The maximum Gasteiger partial charge on any atom is 0.324 e. The Hall–Kier alpha value is -0.820. The second kappa shape index (κ2) is 5.05. The van der Waals surface area contributed by atoms with Crippen molar-refractivity contribution >= 4 is 39.2 Å². The van der Waals surface area contributed by atoms with Crippen LogP contribution in [0, 0.1) is 0 Å². The van der Waals surface area contributed by atoms with Gasteiger partial charge in [0.1, 0.15) is 10.4 Å². The van der Waals surface area contributed by atoms with Gasteiger partial charge in [-0.05, 0) is 26.0 Å². The van der Waals surface area contributed by atoms with Gasteiger partial charge in [-0.3, -0.25) is 4.79 Å². The highest BCUT2D eigenvalue weighted by Gasteiger charge is 2.34. The Morgan fingerprint density at radius 1 is 1.33 bits per heavy atom. The molecular weight excluding hydrogens is 301 g/mol. The fraction of sp³-hybridized carbons (Fsp3) is 0.300. The van der Waals surface area contributed by atoms with Gasteiger partial charge in [0.15, 0.2) is 0 Å². The van der Waals surface area contributed by atoms with Crippen LogP contribution in [-0.2, 0) is 14.8 Å². The molecule has 0 saturated carbocycles. The van der Waals surface area contributed by atoms with E-state index in [0.29, 0.717) is 0 Å². The molecule has 0 unspecified atom stereocenters. The van der Waals surface area contributed by atoms with Gasteiger partial charge < -0.3 is 5.11 Å². The van der Waals surface area contributed by atoms with Gasteiger partial charge in [-0.2, -0.15) is 4.72 Å². The first-order valence-corrected chi connectivity index (χ1v) is 7.03. The molecule has 0 aliphatic heterocycles.